The molecule has 3 saturated carbocycles. The summed E-state index contributed by atoms with van der Waals surface area (Å²) in [6, 6.07) is 0. The van der Waals surface area contributed by atoms with Gasteiger partial charge >= 0.3 is 0 Å². The van der Waals surface area contributed by atoms with Crippen LogP contribution in [0.2, 0.25) is 0 Å². The fraction of sp³-hybridized carbons (Fsp3) is 0.949. The van der Waals surface area contributed by atoms with Crippen molar-refractivity contribution in [1.29, 1.82) is 0 Å². The van der Waals surface area contributed by atoms with Gasteiger partial charge in [0.15, 0.2) is 18.4 Å². The number of aliphatic hydroxyl groups excluding tert-OH is 7. The van der Waals surface area contributed by atoms with E-state index in [-0.39, 0.29) is 41.5 Å². The maximum Gasteiger partial charge on any atom is 0.187 e. The van der Waals surface area contributed by atoms with Crippen molar-refractivity contribution in [1.82, 2.24) is 0 Å². The molecule has 4 aliphatic heterocycles. The van der Waals surface area contributed by atoms with Crippen molar-refractivity contribution in [3.05, 3.63) is 11.6 Å². The molecular formula is C39H62O14. The molecule has 8 aliphatic rings. The minimum atomic E-state index is -1.63. The predicted octanol–water partition coefficient (Wildman–Crippen LogP) is 0.477. The van der Waals surface area contributed by atoms with Gasteiger partial charge < -0.3 is 69.3 Å². The summed E-state index contributed by atoms with van der Waals surface area (Å²) in [5.74, 6) is 0.240. The number of allylic oxidation sites excluding steroid dienone is 1. The third-order valence-corrected chi connectivity index (χ3v) is 16.0. The van der Waals surface area contributed by atoms with E-state index < -0.39 is 79.4 Å². The third-order valence-electron chi connectivity index (χ3n) is 16.0. The molecule has 14 heteroatoms. The summed E-state index contributed by atoms with van der Waals surface area (Å²) in [6.07, 6.45) is -4.60. The van der Waals surface area contributed by atoms with Crippen LogP contribution in [0.25, 0.3) is 0 Å². The van der Waals surface area contributed by atoms with E-state index >= 15 is 0 Å². The van der Waals surface area contributed by atoms with E-state index in [1.807, 2.05) is 0 Å². The molecule has 4 heterocycles. The molecule has 4 saturated heterocycles. The first-order valence-corrected chi connectivity index (χ1v) is 20.1. The molecule has 0 aromatic carbocycles. The highest BCUT2D eigenvalue weighted by Crippen LogP contribution is 2.72. The van der Waals surface area contributed by atoms with E-state index in [1.165, 1.54) is 12.5 Å². The Hall–Kier alpha value is -0.820. The first kappa shape index (κ1) is 39.0. The van der Waals surface area contributed by atoms with Crippen LogP contribution in [0.5, 0.6) is 0 Å². The van der Waals surface area contributed by atoms with Gasteiger partial charge in [0.05, 0.1) is 31.5 Å². The first-order chi connectivity index (χ1) is 25.1. The van der Waals surface area contributed by atoms with Gasteiger partial charge in [0.2, 0.25) is 0 Å². The summed E-state index contributed by atoms with van der Waals surface area (Å²) in [4.78, 5) is 0. The Labute approximate surface area is 311 Å². The smallest absolute Gasteiger partial charge is 0.187 e. The van der Waals surface area contributed by atoms with Crippen molar-refractivity contribution in [2.75, 3.05) is 19.8 Å². The van der Waals surface area contributed by atoms with Crippen LogP contribution in [0.3, 0.4) is 0 Å². The summed E-state index contributed by atoms with van der Waals surface area (Å²) in [5, 5.41) is 85.3. The minimum absolute atomic E-state index is 0.0657. The SMILES string of the molecule is C[C@@H]1O[C@@H](O[C@H]2[C@H](O[C@H]3CC[C@@]4(C)C(=CC[C@@H]5[C@@H]4CC[C@@]4(C)[C@H]5C[C@@H]5O[C@]6(CC[C@H](CO)CO6)[C@@H](C)[C@@]54O)C3)O[C@H](CO)[C@@H](O)[C@@H]2O)[C@H](O)[C@H](O)[C@H]1O. The molecule has 302 valence electrons. The molecular weight excluding hydrogens is 692 g/mol. The molecule has 0 aromatic heterocycles. The lowest BCUT2D eigenvalue weighted by Crippen LogP contribution is -2.64. The Balaban J connectivity index is 0.971. The Morgan fingerprint density at radius 1 is 0.811 bits per heavy atom. The molecule has 0 bridgehead atoms. The maximum absolute atomic E-state index is 12.7. The zero-order valence-electron chi connectivity index (χ0n) is 31.4. The Morgan fingerprint density at radius 3 is 2.28 bits per heavy atom. The lowest BCUT2D eigenvalue weighted by Gasteiger charge is -2.60. The Kier molecular flexibility index (Phi) is 10.3. The van der Waals surface area contributed by atoms with Gasteiger partial charge in [-0.2, -0.15) is 0 Å². The van der Waals surface area contributed by atoms with Crippen molar-refractivity contribution < 1.29 is 69.3 Å². The average molecular weight is 755 g/mol. The van der Waals surface area contributed by atoms with Crippen LogP contribution in [0.1, 0.15) is 85.5 Å². The van der Waals surface area contributed by atoms with Crippen LogP contribution < -0.4 is 0 Å². The van der Waals surface area contributed by atoms with Gasteiger partial charge in [0.25, 0.3) is 0 Å². The first-order valence-electron chi connectivity index (χ1n) is 20.1. The number of rotatable bonds is 6. The van der Waals surface area contributed by atoms with Crippen molar-refractivity contribution >= 4 is 0 Å². The van der Waals surface area contributed by atoms with Crippen molar-refractivity contribution in [2.45, 2.75) is 170 Å². The molecule has 8 rings (SSSR count). The highest BCUT2D eigenvalue weighted by Gasteiger charge is 2.76. The number of hydrogen-bond donors (Lipinski definition) is 8. The summed E-state index contributed by atoms with van der Waals surface area (Å²) >= 11 is 0. The summed E-state index contributed by atoms with van der Waals surface area (Å²) in [7, 11) is 0. The molecule has 1 spiro atoms. The normalized spacial score (nSPS) is 58.0. The zero-order chi connectivity index (χ0) is 37.8. The quantitative estimate of drug-likeness (QED) is 0.173. The molecule has 0 radical (unpaired) electrons. The van der Waals surface area contributed by atoms with Crippen LogP contribution in [-0.2, 0) is 28.4 Å². The van der Waals surface area contributed by atoms with Crippen molar-refractivity contribution in [3.63, 3.8) is 0 Å². The van der Waals surface area contributed by atoms with Gasteiger partial charge in [-0.15, -0.1) is 0 Å². The van der Waals surface area contributed by atoms with Gasteiger partial charge in [0.1, 0.15) is 48.3 Å². The molecule has 53 heavy (non-hydrogen) atoms. The number of aliphatic hydroxyl groups is 8. The van der Waals surface area contributed by atoms with E-state index in [0.29, 0.717) is 43.6 Å². The number of hydrogen-bond acceptors (Lipinski definition) is 14. The molecule has 8 N–H and O–H groups in total. The average Bonchev–Trinajstić information content (AvgIpc) is 3.50. The molecule has 4 aliphatic carbocycles. The van der Waals surface area contributed by atoms with Crippen LogP contribution in [-0.4, -0.2) is 146 Å². The van der Waals surface area contributed by atoms with E-state index in [1.54, 1.807) is 0 Å². The summed E-state index contributed by atoms with van der Waals surface area (Å²) in [6.45, 7) is 8.26. The van der Waals surface area contributed by atoms with Crippen LogP contribution in [0.4, 0.5) is 0 Å². The van der Waals surface area contributed by atoms with Gasteiger partial charge in [-0.25, -0.2) is 0 Å². The van der Waals surface area contributed by atoms with Crippen molar-refractivity contribution in [3.8, 4) is 0 Å². The van der Waals surface area contributed by atoms with Gasteiger partial charge in [0, 0.05) is 30.3 Å². The molecule has 7 fully saturated rings. The van der Waals surface area contributed by atoms with E-state index in [9.17, 15) is 40.9 Å². The molecule has 0 unspecified atom stereocenters. The van der Waals surface area contributed by atoms with E-state index in [4.69, 9.17) is 28.4 Å². The number of ether oxygens (including phenoxy) is 6. The summed E-state index contributed by atoms with van der Waals surface area (Å²) < 4.78 is 37.2. The maximum atomic E-state index is 12.7. The molecule has 0 amide bonds. The van der Waals surface area contributed by atoms with Crippen LogP contribution >= 0.6 is 0 Å². The second kappa shape index (κ2) is 13.9. The minimum Gasteiger partial charge on any atom is -0.396 e. The fourth-order valence-electron chi connectivity index (χ4n) is 12.5. The fourth-order valence-corrected chi connectivity index (χ4v) is 12.5. The Morgan fingerprint density at radius 2 is 1.58 bits per heavy atom. The highest BCUT2D eigenvalue weighted by molar-refractivity contribution is 5.29. The lowest BCUT2D eigenvalue weighted by atomic mass is 9.46. The number of fused-ring (bicyclic) bond motifs is 7. The van der Waals surface area contributed by atoms with E-state index in [2.05, 4.69) is 26.8 Å². The molecule has 0 aromatic rings. The summed E-state index contributed by atoms with van der Waals surface area (Å²) in [5.41, 5.74) is -0.0606. The van der Waals surface area contributed by atoms with Crippen molar-refractivity contribution in [2.24, 2.45) is 40.4 Å². The molecule has 14 nitrogen and oxygen atoms in total. The van der Waals surface area contributed by atoms with Gasteiger partial charge in [-0.1, -0.05) is 32.4 Å². The second-order valence-corrected chi connectivity index (χ2v) is 18.3. The largest absolute Gasteiger partial charge is 0.396 e. The topological polar surface area (TPSA) is 217 Å². The zero-order valence-corrected chi connectivity index (χ0v) is 31.4. The molecule has 21 atom stereocenters. The third kappa shape index (κ3) is 5.79. The van der Waals surface area contributed by atoms with Crippen LogP contribution in [0, 0.1) is 40.4 Å². The standard InChI is InChI=1S/C39H62O14/c1-18-28(42)30(44)32(46)34(49-18)52-33-31(45)29(43)26(16-41)51-35(33)50-22-8-10-36(3)21(13-22)5-6-23-24(36)9-11-37(4)25(23)14-27-39(37,47)19(2)38(53-27)12-7-20(15-40)17-48-38/h5,18-20,22-35,40-47H,6-17H2,1-4H3/t18-,19+,20+,22-,23+,24-,25-,26+,27-,28-,29+,30+,31-,32+,33+,34-,35+,36-,37-,38+,39+/m0/s1. The van der Waals surface area contributed by atoms with Gasteiger partial charge in [-0.05, 0) is 81.5 Å². The highest BCUT2D eigenvalue weighted by atomic mass is 16.8. The van der Waals surface area contributed by atoms with E-state index in [0.717, 1.165) is 38.5 Å². The predicted molar refractivity (Wildman–Crippen MR) is 184 cm³/mol. The van der Waals surface area contributed by atoms with Crippen LogP contribution in [0.15, 0.2) is 11.6 Å². The second-order valence-electron chi connectivity index (χ2n) is 18.3. The lowest BCUT2D eigenvalue weighted by molar-refractivity contribution is -0.369. The monoisotopic (exact) mass is 754 g/mol. The Bertz CT molecular complexity index is 1370. The van der Waals surface area contributed by atoms with Gasteiger partial charge in [-0.3, -0.25) is 0 Å².